The fourth-order valence-electron chi connectivity index (χ4n) is 1.63. The number of furan rings is 1. The molecule has 108 valence electrons. The Balaban J connectivity index is 2.32. The van der Waals surface area contributed by atoms with Gasteiger partial charge in [-0.3, -0.25) is 9.82 Å². The number of hydrogen-bond donors (Lipinski definition) is 3. The number of aromatic carboxylic acids is 1. The molecule has 0 saturated heterocycles. The molecule has 0 saturated carbocycles. The largest absolute Gasteiger partial charge is 0.475 e. The van der Waals surface area contributed by atoms with E-state index >= 15 is 0 Å². The second-order valence-electron chi connectivity index (χ2n) is 4.07. The lowest BCUT2D eigenvalue weighted by molar-refractivity contribution is 0.0661. The first-order valence-electron chi connectivity index (χ1n) is 5.74. The molecule has 0 aromatic carbocycles. The molecule has 2 aromatic heterocycles. The van der Waals surface area contributed by atoms with Gasteiger partial charge in [0.25, 0.3) is 10.0 Å². The van der Waals surface area contributed by atoms with Crippen molar-refractivity contribution in [1.82, 2.24) is 10.2 Å². The predicted octanol–water partition coefficient (Wildman–Crippen LogP) is 1.37. The molecule has 20 heavy (non-hydrogen) atoms. The maximum Gasteiger partial charge on any atom is 0.371 e. The highest BCUT2D eigenvalue weighted by atomic mass is 32.2. The van der Waals surface area contributed by atoms with E-state index in [2.05, 4.69) is 14.9 Å². The number of sulfonamides is 1. The maximum absolute atomic E-state index is 12.1. The Morgan fingerprint density at radius 3 is 2.70 bits per heavy atom. The van der Waals surface area contributed by atoms with Crippen LogP contribution in [0.3, 0.4) is 0 Å². The Morgan fingerprint density at radius 2 is 2.20 bits per heavy atom. The van der Waals surface area contributed by atoms with E-state index in [9.17, 15) is 13.2 Å². The van der Waals surface area contributed by atoms with Crippen LogP contribution in [-0.4, -0.2) is 29.7 Å². The Hall–Kier alpha value is -2.29. The molecule has 0 atom stereocenters. The lowest BCUT2D eigenvalue weighted by atomic mass is 10.3. The van der Waals surface area contributed by atoms with Crippen molar-refractivity contribution in [3.8, 4) is 0 Å². The number of hydrogen-bond acceptors (Lipinski definition) is 5. The summed E-state index contributed by atoms with van der Waals surface area (Å²) in [4.78, 5) is 10.5. The van der Waals surface area contributed by atoms with Gasteiger partial charge < -0.3 is 9.52 Å². The third-order valence-electron chi connectivity index (χ3n) is 2.62. The summed E-state index contributed by atoms with van der Waals surface area (Å²) < 4.78 is 31.4. The molecule has 0 fully saturated rings. The lowest BCUT2D eigenvalue weighted by Gasteiger charge is -2.02. The number of nitrogens with zero attached hydrogens (tertiary/aromatic N) is 1. The van der Waals surface area contributed by atoms with Crippen LogP contribution in [0.2, 0.25) is 0 Å². The van der Waals surface area contributed by atoms with Gasteiger partial charge in [0.15, 0.2) is 5.82 Å². The highest BCUT2D eigenvalue weighted by Gasteiger charge is 2.24. The number of anilines is 1. The van der Waals surface area contributed by atoms with E-state index in [0.29, 0.717) is 6.42 Å². The number of rotatable bonds is 5. The van der Waals surface area contributed by atoms with Gasteiger partial charge in [0.05, 0.1) is 0 Å². The number of aromatic nitrogens is 2. The SMILES string of the molecule is CCc1cc(NS(=O)(=O)c2cc(C(=O)O)oc2C)n[nH]1. The van der Waals surface area contributed by atoms with Crippen molar-refractivity contribution < 1.29 is 22.7 Å². The van der Waals surface area contributed by atoms with Crippen LogP contribution in [0.4, 0.5) is 5.82 Å². The predicted molar refractivity (Wildman–Crippen MR) is 69.2 cm³/mol. The Bertz CT molecular complexity index is 744. The van der Waals surface area contributed by atoms with Crippen LogP contribution < -0.4 is 4.72 Å². The first-order valence-corrected chi connectivity index (χ1v) is 7.22. The van der Waals surface area contributed by atoms with Gasteiger partial charge in [0.2, 0.25) is 5.76 Å². The topological polar surface area (TPSA) is 125 Å². The summed E-state index contributed by atoms with van der Waals surface area (Å²) >= 11 is 0. The molecule has 0 aliphatic carbocycles. The van der Waals surface area contributed by atoms with E-state index < -0.39 is 21.8 Å². The minimum absolute atomic E-state index is 0.00107. The van der Waals surface area contributed by atoms with Crippen LogP contribution in [0.1, 0.15) is 28.9 Å². The summed E-state index contributed by atoms with van der Waals surface area (Å²) in [7, 11) is -3.94. The average Bonchev–Trinajstić information content (AvgIpc) is 2.95. The Kier molecular flexibility index (Phi) is 3.53. The molecule has 0 amide bonds. The van der Waals surface area contributed by atoms with E-state index in [1.165, 1.54) is 6.92 Å². The first-order chi connectivity index (χ1) is 9.33. The van der Waals surface area contributed by atoms with E-state index in [4.69, 9.17) is 9.52 Å². The Morgan fingerprint density at radius 1 is 1.50 bits per heavy atom. The number of carbonyl (C=O) groups is 1. The van der Waals surface area contributed by atoms with Gasteiger partial charge in [0, 0.05) is 17.8 Å². The second-order valence-corrected chi connectivity index (χ2v) is 5.72. The summed E-state index contributed by atoms with van der Waals surface area (Å²) in [5.41, 5.74) is 0.776. The lowest BCUT2D eigenvalue weighted by Crippen LogP contribution is -2.13. The van der Waals surface area contributed by atoms with E-state index in [1.807, 2.05) is 6.92 Å². The third kappa shape index (κ3) is 2.67. The molecule has 9 heteroatoms. The molecule has 0 aliphatic heterocycles. The van der Waals surface area contributed by atoms with Gasteiger partial charge in [-0.05, 0) is 13.3 Å². The van der Waals surface area contributed by atoms with Gasteiger partial charge in [-0.15, -0.1) is 0 Å². The van der Waals surface area contributed by atoms with Crippen molar-refractivity contribution in [3.63, 3.8) is 0 Å². The zero-order valence-corrected chi connectivity index (χ0v) is 11.6. The molecule has 2 aromatic rings. The summed E-state index contributed by atoms with van der Waals surface area (Å²) in [5.74, 6) is -1.62. The maximum atomic E-state index is 12.1. The van der Waals surface area contributed by atoms with Crippen LogP contribution in [0.25, 0.3) is 0 Å². The fourth-order valence-corrected chi connectivity index (χ4v) is 2.80. The van der Waals surface area contributed by atoms with Crippen molar-refractivity contribution in [2.45, 2.75) is 25.2 Å². The highest BCUT2D eigenvalue weighted by Crippen LogP contribution is 2.22. The zero-order valence-electron chi connectivity index (χ0n) is 10.8. The standard InChI is InChI=1S/C11H13N3O5S/c1-3-7-4-10(13-12-7)14-20(17,18)9-5-8(11(15)16)19-6(9)2/h4-5H,3H2,1-2H3,(H,15,16)(H2,12,13,14). The van der Waals surface area contributed by atoms with Gasteiger partial charge in [0.1, 0.15) is 10.7 Å². The van der Waals surface area contributed by atoms with Gasteiger partial charge in [-0.1, -0.05) is 6.92 Å². The number of aromatic amines is 1. The van der Waals surface area contributed by atoms with Gasteiger partial charge >= 0.3 is 5.97 Å². The molecule has 2 rings (SSSR count). The van der Waals surface area contributed by atoms with Gasteiger partial charge in [-0.2, -0.15) is 5.10 Å². The highest BCUT2D eigenvalue weighted by molar-refractivity contribution is 7.92. The number of H-pyrrole nitrogens is 1. The van der Waals surface area contributed by atoms with Crippen LogP contribution in [-0.2, 0) is 16.4 Å². The van der Waals surface area contributed by atoms with E-state index in [-0.39, 0.29) is 16.5 Å². The van der Waals surface area contributed by atoms with E-state index in [1.54, 1.807) is 6.07 Å². The van der Waals surface area contributed by atoms with Crippen molar-refractivity contribution in [3.05, 3.63) is 29.3 Å². The number of carboxylic acids is 1. The molecule has 2 heterocycles. The molecular weight excluding hydrogens is 286 g/mol. The fraction of sp³-hybridized carbons (Fsp3) is 0.273. The van der Waals surface area contributed by atoms with Crippen molar-refractivity contribution >= 4 is 21.8 Å². The number of carboxylic acid groups (broad SMARTS) is 1. The first kappa shape index (κ1) is 14.1. The monoisotopic (exact) mass is 299 g/mol. The van der Waals surface area contributed by atoms with Crippen molar-refractivity contribution in [2.24, 2.45) is 0 Å². The average molecular weight is 299 g/mol. The molecule has 3 N–H and O–H groups in total. The molecular formula is C11H13N3O5S. The molecule has 8 nitrogen and oxygen atoms in total. The summed E-state index contributed by atoms with van der Waals surface area (Å²) in [5, 5.41) is 15.3. The third-order valence-corrected chi connectivity index (χ3v) is 4.09. The normalized spacial score (nSPS) is 11.5. The molecule has 0 aliphatic rings. The van der Waals surface area contributed by atoms with Gasteiger partial charge in [-0.25, -0.2) is 13.2 Å². The minimum Gasteiger partial charge on any atom is -0.475 e. The number of aryl methyl sites for hydroxylation is 2. The summed E-state index contributed by atoms with van der Waals surface area (Å²) in [6.45, 7) is 3.27. The Labute approximate surface area is 114 Å². The smallest absolute Gasteiger partial charge is 0.371 e. The summed E-state index contributed by atoms with van der Waals surface area (Å²) in [6, 6.07) is 2.53. The summed E-state index contributed by atoms with van der Waals surface area (Å²) in [6.07, 6.45) is 0.683. The van der Waals surface area contributed by atoms with Crippen molar-refractivity contribution in [1.29, 1.82) is 0 Å². The molecule has 0 bridgehead atoms. The van der Waals surface area contributed by atoms with Crippen LogP contribution in [0, 0.1) is 6.92 Å². The van der Waals surface area contributed by atoms with Crippen LogP contribution >= 0.6 is 0 Å². The molecule has 0 radical (unpaired) electrons. The molecule has 0 unspecified atom stereocenters. The van der Waals surface area contributed by atoms with Crippen molar-refractivity contribution in [2.75, 3.05) is 4.72 Å². The number of nitrogens with one attached hydrogen (secondary N) is 2. The molecule has 0 spiro atoms. The van der Waals surface area contributed by atoms with Crippen LogP contribution in [0.15, 0.2) is 21.4 Å². The van der Waals surface area contributed by atoms with E-state index in [0.717, 1.165) is 11.8 Å². The minimum atomic E-state index is -3.94. The second kappa shape index (κ2) is 5.00. The zero-order chi connectivity index (χ0) is 14.9. The van der Waals surface area contributed by atoms with Crippen LogP contribution in [0.5, 0.6) is 0 Å². The quantitative estimate of drug-likeness (QED) is 0.765.